The van der Waals surface area contributed by atoms with E-state index >= 15 is 0 Å². The monoisotopic (exact) mass is 162 g/mol. The zero-order valence-corrected chi connectivity index (χ0v) is 7.62. The molecule has 64 valence electrons. The summed E-state index contributed by atoms with van der Waals surface area (Å²) in [6.45, 7) is 4.62. The Morgan fingerprint density at radius 3 is 2.92 bits per heavy atom. The molecule has 2 nitrogen and oxygen atoms in total. The lowest BCUT2D eigenvalue weighted by atomic mass is 10.2. The summed E-state index contributed by atoms with van der Waals surface area (Å²) >= 11 is 0. The molecule has 1 heterocycles. The third-order valence-corrected chi connectivity index (χ3v) is 1.55. The van der Waals surface area contributed by atoms with E-state index in [-0.39, 0.29) is 0 Å². The molecule has 0 unspecified atom stereocenters. The molecule has 0 atom stereocenters. The van der Waals surface area contributed by atoms with E-state index < -0.39 is 0 Å². The van der Waals surface area contributed by atoms with E-state index in [2.05, 4.69) is 16.5 Å². The van der Waals surface area contributed by atoms with Crippen LogP contribution in [-0.4, -0.2) is 24.0 Å². The molecule has 2 heteroatoms. The van der Waals surface area contributed by atoms with Crippen molar-refractivity contribution in [3.8, 4) is 0 Å². The van der Waals surface area contributed by atoms with E-state index in [0.29, 0.717) is 0 Å². The molecule has 1 aromatic rings. The molecule has 0 fully saturated rings. The van der Waals surface area contributed by atoms with Crippen LogP contribution < -0.4 is 0 Å². The van der Waals surface area contributed by atoms with Crippen LogP contribution >= 0.6 is 0 Å². The maximum atomic E-state index is 4.13. The van der Waals surface area contributed by atoms with Crippen molar-refractivity contribution in [2.24, 2.45) is 0 Å². The smallest absolute Gasteiger partial charge is 0.0626 e. The highest BCUT2D eigenvalue weighted by Gasteiger charge is 1.95. The molecule has 0 N–H and O–H groups in total. The minimum absolute atomic E-state index is 0.939. The summed E-state index contributed by atoms with van der Waals surface area (Å²) in [4.78, 5) is 6.26. The standard InChI is InChI=1S/C10H14N2/c1-4-10-7-9(5-6-11-10)8-12(2)3/h4-7H,1,8H2,2-3H3. The fraction of sp³-hybridized carbons (Fsp3) is 0.300. The summed E-state index contributed by atoms with van der Waals surface area (Å²) in [6, 6.07) is 4.07. The SMILES string of the molecule is C=Cc1cc(CN(C)C)ccn1. The first-order valence-corrected chi connectivity index (χ1v) is 3.94. The number of rotatable bonds is 3. The van der Waals surface area contributed by atoms with Crippen LogP contribution in [-0.2, 0) is 6.54 Å². The Kier molecular flexibility index (Phi) is 3.00. The van der Waals surface area contributed by atoms with Gasteiger partial charge in [0, 0.05) is 12.7 Å². The van der Waals surface area contributed by atoms with E-state index in [1.54, 1.807) is 6.08 Å². The number of pyridine rings is 1. The predicted molar refractivity (Wildman–Crippen MR) is 51.7 cm³/mol. The highest BCUT2D eigenvalue weighted by Crippen LogP contribution is 2.04. The van der Waals surface area contributed by atoms with Gasteiger partial charge in [-0.25, -0.2) is 0 Å². The fourth-order valence-corrected chi connectivity index (χ4v) is 1.07. The van der Waals surface area contributed by atoms with E-state index in [4.69, 9.17) is 0 Å². The second kappa shape index (κ2) is 4.02. The normalized spacial score (nSPS) is 10.2. The van der Waals surface area contributed by atoms with Crippen LogP contribution in [0.2, 0.25) is 0 Å². The van der Waals surface area contributed by atoms with Crippen LogP contribution in [0.15, 0.2) is 24.9 Å². The topological polar surface area (TPSA) is 16.1 Å². The van der Waals surface area contributed by atoms with Gasteiger partial charge in [0.2, 0.25) is 0 Å². The van der Waals surface area contributed by atoms with Crippen LogP contribution in [0, 0.1) is 0 Å². The van der Waals surface area contributed by atoms with Gasteiger partial charge in [0.05, 0.1) is 5.69 Å². The van der Waals surface area contributed by atoms with Gasteiger partial charge in [-0.05, 0) is 37.9 Å². The van der Waals surface area contributed by atoms with Gasteiger partial charge in [-0.2, -0.15) is 0 Å². The zero-order valence-electron chi connectivity index (χ0n) is 7.62. The third-order valence-electron chi connectivity index (χ3n) is 1.55. The predicted octanol–water partition coefficient (Wildman–Crippen LogP) is 1.79. The lowest BCUT2D eigenvalue weighted by molar-refractivity contribution is 0.402. The zero-order chi connectivity index (χ0) is 8.97. The molecule has 0 aliphatic heterocycles. The highest BCUT2D eigenvalue weighted by molar-refractivity contribution is 5.42. The molecular formula is C10H14N2. The molecule has 0 saturated carbocycles. The summed E-state index contributed by atoms with van der Waals surface area (Å²) in [5.74, 6) is 0. The number of aromatic nitrogens is 1. The Bertz CT molecular complexity index is 266. The first kappa shape index (κ1) is 8.94. The van der Waals surface area contributed by atoms with E-state index in [9.17, 15) is 0 Å². The molecule has 0 aliphatic rings. The van der Waals surface area contributed by atoms with Gasteiger partial charge in [0.1, 0.15) is 0 Å². The van der Waals surface area contributed by atoms with Crippen LogP contribution in [0.1, 0.15) is 11.3 Å². The van der Waals surface area contributed by atoms with E-state index in [1.165, 1.54) is 5.56 Å². The first-order valence-electron chi connectivity index (χ1n) is 3.94. The van der Waals surface area contributed by atoms with Gasteiger partial charge < -0.3 is 4.90 Å². The largest absolute Gasteiger partial charge is 0.305 e. The summed E-state index contributed by atoms with van der Waals surface area (Å²) < 4.78 is 0. The molecule has 0 bridgehead atoms. The molecule has 1 rings (SSSR count). The van der Waals surface area contributed by atoms with Gasteiger partial charge in [0.25, 0.3) is 0 Å². The highest BCUT2D eigenvalue weighted by atomic mass is 15.0. The number of nitrogens with zero attached hydrogens (tertiary/aromatic N) is 2. The van der Waals surface area contributed by atoms with Crippen molar-refractivity contribution in [2.45, 2.75) is 6.54 Å². The average molecular weight is 162 g/mol. The van der Waals surface area contributed by atoms with Crippen molar-refractivity contribution in [3.05, 3.63) is 36.2 Å². The lowest BCUT2D eigenvalue weighted by Gasteiger charge is -2.09. The van der Waals surface area contributed by atoms with Gasteiger partial charge in [-0.3, -0.25) is 4.98 Å². The van der Waals surface area contributed by atoms with Crippen LogP contribution in [0.4, 0.5) is 0 Å². The molecule has 0 aliphatic carbocycles. The second-order valence-electron chi connectivity index (χ2n) is 3.03. The molecule has 0 aromatic carbocycles. The molecule has 0 amide bonds. The van der Waals surface area contributed by atoms with Gasteiger partial charge in [-0.1, -0.05) is 6.58 Å². The van der Waals surface area contributed by atoms with E-state index in [0.717, 1.165) is 12.2 Å². The first-order chi connectivity index (χ1) is 5.72. The summed E-state index contributed by atoms with van der Waals surface area (Å²) in [5, 5.41) is 0. The summed E-state index contributed by atoms with van der Waals surface area (Å²) in [6.07, 6.45) is 3.58. The maximum absolute atomic E-state index is 4.13. The van der Waals surface area contributed by atoms with Crippen molar-refractivity contribution in [1.29, 1.82) is 0 Å². The lowest BCUT2D eigenvalue weighted by Crippen LogP contribution is -2.10. The minimum Gasteiger partial charge on any atom is -0.305 e. The summed E-state index contributed by atoms with van der Waals surface area (Å²) in [5.41, 5.74) is 2.21. The van der Waals surface area contributed by atoms with E-state index in [1.807, 2.05) is 32.4 Å². The number of hydrogen-bond acceptors (Lipinski definition) is 2. The Balaban J connectivity index is 2.79. The van der Waals surface area contributed by atoms with Crippen LogP contribution in [0.25, 0.3) is 6.08 Å². The Hall–Kier alpha value is -1.15. The molecule has 1 aromatic heterocycles. The molecule has 0 spiro atoms. The Labute approximate surface area is 73.5 Å². The molecular weight excluding hydrogens is 148 g/mol. The third kappa shape index (κ3) is 2.47. The second-order valence-corrected chi connectivity index (χ2v) is 3.03. The Morgan fingerprint density at radius 1 is 1.58 bits per heavy atom. The van der Waals surface area contributed by atoms with Crippen LogP contribution in [0.3, 0.4) is 0 Å². The van der Waals surface area contributed by atoms with Crippen molar-refractivity contribution >= 4 is 6.08 Å². The molecule has 0 radical (unpaired) electrons. The maximum Gasteiger partial charge on any atom is 0.0626 e. The average Bonchev–Trinajstić information content (AvgIpc) is 2.03. The minimum atomic E-state index is 0.939. The van der Waals surface area contributed by atoms with Gasteiger partial charge in [0.15, 0.2) is 0 Å². The van der Waals surface area contributed by atoms with Crippen molar-refractivity contribution in [1.82, 2.24) is 9.88 Å². The summed E-state index contributed by atoms with van der Waals surface area (Å²) in [7, 11) is 4.10. The number of hydrogen-bond donors (Lipinski definition) is 0. The van der Waals surface area contributed by atoms with Crippen molar-refractivity contribution in [2.75, 3.05) is 14.1 Å². The van der Waals surface area contributed by atoms with Gasteiger partial charge >= 0.3 is 0 Å². The van der Waals surface area contributed by atoms with Crippen LogP contribution in [0.5, 0.6) is 0 Å². The molecule has 0 saturated heterocycles. The quantitative estimate of drug-likeness (QED) is 0.673. The fourth-order valence-electron chi connectivity index (χ4n) is 1.07. The Morgan fingerprint density at radius 2 is 2.33 bits per heavy atom. The van der Waals surface area contributed by atoms with Gasteiger partial charge in [-0.15, -0.1) is 0 Å². The van der Waals surface area contributed by atoms with Crippen molar-refractivity contribution < 1.29 is 0 Å². The van der Waals surface area contributed by atoms with Crippen molar-refractivity contribution in [3.63, 3.8) is 0 Å². The molecule has 12 heavy (non-hydrogen) atoms.